The molecule has 0 aliphatic carbocycles. The summed E-state index contributed by atoms with van der Waals surface area (Å²) in [5, 5.41) is 3.22. The van der Waals surface area contributed by atoms with Crippen molar-refractivity contribution in [1.29, 1.82) is 0 Å². The molecule has 3 rings (SSSR count). The molecule has 1 aromatic carbocycles. The van der Waals surface area contributed by atoms with E-state index in [4.69, 9.17) is 32.7 Å². The molecule has 126 valence electrons. The number of methoxy groups -OCH3 is 1. The number of amides is 1. The molecule has 0 radical (unpaired) electrons. The number of rotatable bonds is 6. The standard InChI is InChI=1S/C16H14Cl2N2O3S/c1-22-10-4-2-3-5-11(10)23-7-6-19-16(21)9-8-12-14(20-9)13(17)15(18)24-12/h2-5,8,20H,6-7H2,1H3,(H,19,21). The highest BCUT2D eigenvalue weighted by Crippen LogP contribution is 2.38. The number of carbonyl (C=O) groups is 1. The summed E-state index contributed by atoms with van der Waals surface area (Å²) in [6, 6.07) is 9.08. The van der Waals surface area contributed by atoms with Gasteiger partial charge in [0, 0.05) is 0 Å². The van der Waals surface area contributed by atoms with Crippen molar-refractivity contribution < 1.29 is 14.3 Å². The number of hydrogen-bond acceptors (Lipinski definition) is 4. The predicted octanol–water partition coefficient (Wildman–Crippen LogP) is 4.35. The Morgan fingerprint density at radius 2 is 2.04 bits per heavy atom. The first-order valence-corrected chi connectivity index (χ1v) is 8.68. The molecule has 5 nitrogen and oxygen atoms in total. The lowest BCUT2D eigenvalue weighted by Crippen LogP contribution is -2.28. The van der Waals surface area contributed by atoms with E-state index in [0.717, 1.165) is 4.70 Å². The van der Waals surface area contributed by atoms with Gasteiger partial charge in [-0.15, -0.1) is 11.3 Å². The molecule has 2 aromatic heterocycles. The number of halogens is 2. The zero-order valence-electron chi connectivity index (χ0n) is 12.7. The number of fused-ring (bicyclic) bond motifs is 1. The summed E-state index contributed by atoms with van der Waals surface area (Å²) >= 11 is 13.3. The highest BCUT2D eigenvalue weighted by molar-refractivity contribution is 7.23. The fraction of sp³-hybridized carbons (Fsp3) is 0.188. The molecular weight excluding hydrogens is 371 g/mol. The minimum atomic E-state index is -0.228. The van der Waals surface area contributed by atoms with E-state index in [-0.39, 0.29) is 5.91 Å². The number of thiophene rings is 1. The molecule has 0 bridgehead atoms. The van der Waals surface area contributed by atoms with Crippen LogP contribution in [0.25, 0.3) is 10.2 Å². The minimum Gasteiger partial charge on any atom is -0.493 e. The van der Waals surface area contributed by atoms with Crippen molar-refractivity contribution in [2.24, 2.45) is 0 Å². The van der Waals surface area contributed by atoms with Crippen LogP contribution in [0.3, 0.4) is 0 Å². The smallest absolute Gasteiger partial charge is 0.267 e. The summed E-state index contributed by atoms with van der Waals surface area (Å²) in [7, 11) is 1.58. The molecule has 2 heterocycles. The molecule has 2 N–H and O–H groups in total. The Morgan fingerprint density at radius 3 is 2.75 bits per heavy atom. The summed E-state index contributed by atoms with van der Waals surface area (Å²) in [6.45, 7) is 0.686. The highest BCUT2D eigenvalue weighted by atomic mass is 35.5. The van der Waals surface area contributed by atoms with Gasteiger partial charge in [-0.3, -0.25) is 4.79 Å². The zero-order valence-corrected chi connectivity index (χ0v) is 15.0. The molecule has 0 saturated carbocycles. The Morgan fingerprint density at radius 1 is 1.29 bits per heavy atom. The molecule has 0 saturated heterocycles. The highest BCUT2D eigenvalue weighted by Gasteiger charge is 2.15. The average molecular weight is 385 g/mol. The van der Waals surface area contributed by atoms with Gasteiger partial charge in [-0.25, -0.2) is 0 Å². The molecule has 8 heteroatoms. The fourth-order valence-electron chi connectivity index (χ4n) is 2.20. The van der Waals surface area contributed by atoms with Crippen molar-refractivity contribution in [2.75, 3.05) is 20.3 Å². The quantitative estimate of drug-likeness (QED) is 0.620. The van der Waals surface area contributed by atoms with Crippen LogP contribution in [-0.4, -0.2) is 31.2 Å². The van der Waals surface area contributed by atoms with E-state index >= 15 is 0 Å². The molecular formula is C16H14Cl2N2O3S. The van der Waals surface area contributed by atoms with Crippen LogP contribution in [0.15, 0.2) is 30.3 Å². The van der Waals surface area contributed by atoms with E-state index in [1.54, 1.807) is 13.2 Å². The lowest BCUT2D eigenvalue weighted by atomic mass is 10.3. The molecule has 3 aromatic rings. The topological polar surface area (TPSA) is 63.4 Å². The largest absolute Gasteiger partial charge is 0.493 e. The first-order valence-electron chi connectivity index (χ1n) is 7.10. The zero-order chi connectivity index (χ0) is 17.1. The normalized spacial score (nSPS) is 10.8. The van der Waals surface area contributed by atoms with Gasteiger partial charge in [0.2, 0.25) is 0 Å². The molecule has 0 atom stereocenters. The second-order valence-electron chi connectivity index (χ2n) is 4.87. The maximum absolute atomic E-state index is 12.1. The van der Waals surface area contributed by atoms with Gasteiger partial charge in [-0.05, 0) is 18.2 Å². The van der Waals surface area contributed by atoms with E-state index in [1.807, 2.05) is 24.3 Å². The summed E-state index contributed by atoms with van der Waals surface area (Å²) in [5.74, 6) is 1.06. The average Bonchev–Trinajstić information content (AvgIpc) is 3.12. The SMILES string of the molecule is COc1ccccc1OCCNC(=O)c1cc2sc(Cl)c(Cl)c2[nH]1. The van der Waals surface area contributed by atoms with Crippen LogP contribution >= 0.6 is 34.5 Å². The van der Waals surface area contributed by atoms with Crippen LogP contribution in [0.1, 0.15) is 10.5 Å². The number of aromatic amines is 1. The van der Waals surface area contributed by atoms with Gasteiger partial charge < -0.3 is 19.8 Å². The molecule has 0 aliphatic heterocycles. The van der Waals surface area contributed by atoms with E-state index in [1.165, 1.54) is 11.3 Å². The van der Waals surface area contributed by atoms with E-state index in [0.29, 0.717) is 45.2 Å². The lowest BCUT2D eigenvalue weighted by molar-refractivity contribution is 0.0942. The van der Waals surface area contributed by atoms with Gasteiger partial charge >= 0.3 is 0 Å². The molecule has 0 unspecified atom stereocenters. The molecule has 0 aliphatic rings. The summed E-state index contributed by atoms with van der Waals surface area (Å²) in [5.41, 5.74) is 1.12. The van der Waals surface area contributed by atoms with Crippen molar-refractivity contribution in [3.8, 4) is 11.5 Å². The molecule has 1 amide bonds. The second kappa shape index (κ2) is 7.34. The third-order valence-corrected chi connectivity index (χ3v) is 5.26. The Labute approximate surface area is 152 Å². The van der Waals surface area contributed by atoms with Gasteiger partial charge in [0.25, 0.3) is 5.91 Å². The summed E-state index contributed by atoms with van der Waals surface area (Å²) < 4.78 is 12.2. The van der Waals surface area contributed by atoms with E-state index in [2.05, 4.69) is 10.3 Å². The van der Waals surface area contributed by atoms with Crippen molar-refractivity contribution >= 4 is 50.7 Å². The molecule has 24 heavy (non-hydrogen) atoms. The number of para-hydroxylation sites is 2. The number of H-pyrrole nitrogens is 1. The second-order valence-corrected chi connectivity index (χ2v) is 6.90. The predicted molar refractivity (Wildman–Crippen MR) is 97.0 cm³/mol. The van der Waals surface area contributed by atoms with Gasteiger partial charge in [0.1, 0.15) is 16.6 Å². The molecule has 0 spiro atoms. The van der Waals surface area contributed by atoms with Crippen LogP contribution in [0, 0.1) is 0 Å². The van der Waals surface area contributed by atoms with Gasteiger partial charge in [-0.2, -0.15) is 0 Å². The Hall–Kier alpha value is -1.89. The maximum atomic E-state index is 12.1. The van der Waals surface area contributed by atoms with Crippen LogP contribution < -0.4 is 14.8 Å². The lowest BCUT2D eigenvalue weighted by Gasteiger charge is -2.10. The number of hydrogen-bond donors (Lipinski definition) is 2. The monoisotopic (exact) mass is 384 g/mol. The Balaban J connectivity index is 1.55. The maximum Gasteiger partial charge on any atom is 0.267 e. The van der Waals surface area contributed by atoms with Gasteiger partial charge in [0.15, 0.2) is 11.5 Å². The van der Waals surface area contributed by atoms with E-state index < -0.39 is 0 Å². The number of benzene rings is 1. The van der Waals surface area contributed by atoms with Gasteiger partial charge in [0.05, 0.1) is 28.9 Å². The first-order chi connectivity index (χ1) is 11.6. The van der Waals surface area contributed by atoms with Crippen molar-refractivity contribution in [1.82, 2.24) is 10.3 Å². The third kappa shape index (κ3) is 3.45. The number of ether oxygens (including phenoxy) is 2. The van der Waals surface area contributed by atoms with Crippen LogP contribution in [0.5, 0.6) is 11.5 Å². The van der Waals surface area contributed by atoms with Crippen molar-refractivity contribution in [3.05, 3.63) is 45.4 Å². The Bertz CT molecular complexity index is 875. The molecule has 0 fully saturated rings. The van der Waals surface area contributed by atoms with E-state index in [9.17, 15) is 4.79 Å². The van der Waals surface area contributed by atoms with Crippen molar-refractivity contribution in [2.45, 2.75) is 0 Å². The minimum absolute atomic E-state index is 0.228. The number of carbonyl (C=O) groups excluding carboxylic acids is 1. The van der Waals surface area contributed by atoms with Crippen LogP contribution in [-0.2, 0) is 0 Å². The summed E-state index contributed by atoms with van der Waals surface area (Å²) in [4.78, 5) is 15.1. The number of nitrogens with one attached hydrogen (secondary N) is 2. The van der Waals surface area contributed by atoms with Crippen LogP contribution in [0.2, 0.25) is 9.36 Å². The van der Waals surface area contributed by atoms with Crippen molar-refractivity contribution in [3.63, 3.8) is 0 Å². The van der Waals surface area contributed by atoms with Crippen LogP contribution in [0.4, 0.5) is 0 Å². The first kappa shape index (κ1) is 17.0. The number of aromatic nitrogens is 1. The fourth-order valence-corrected chi connectivity index (χ4v) is 3.68. The Kier molecular flexibility index (Phi) is 5.18. The van der Waals surface area contributed by atoms with Gasteiger partial charge in [-0.1, -0.05) is 35.3 Å². The third-order valence-electron chi connectivity index (χ3n) is 3.33. The summed E-state index contributed by atoms with van der Waals surface area (Å²) in [6.07, 6.45) is 0.